The number of carbonyl (C=O) groups excluding carboxylic acids is 1. The first-order valence-corrected chi connectivity index (χ1v) is 6.61. The highest BCUT2D eigenvalue weighted by Gasteiger charge is 2.13. The third-order valence-corrected chi connectivity index (χ3v) is 2.79. The van der Waals surface area contributed by atoms with Crippen molar-refractivity contribution < 1.29 is 14.3 Å². The lowest BCUT2D eigenvalue weighted by atomic mass is 10.1. The molecule has 0 radical (unpaired) electrons. The minimum atomic E-state index is -0.635. The maximum absolute atomic E-state index is 13.8. The van der Waals surface area contributed by atoms with E-state index in [1.807, 2.05) is 0 Å². The lowest BCUT2D eigenvalue weighted by Gasteiger charge is -2.12. The summed E-state index contributed by atoms with van der Waals surface area (Å²) < 4.78 is 13.8. The number of hydrogen-bond acceptors (Lipinski definition) is 6. The molecular formula is C14H16FN5O2. The zero-order chi connectivity index (χ0) is 15.9. The van der Waals surface area contributed by atoms with E-state index in [1.54, 1.807) is 31.3 Å². The maximum Gasteiger partial charge on any atom is 0.253 e. The molecule has 1 aromatic heterocycles. The minimum absolute atomic E-state index is 0.0400. The second kappa shape index (κ2) is 7.32. The van der Waals surface area contributed by atoms with Crippen LogP contribution in [0.5, 0.6) is 0 Å². The van der Waals surface area contributed by atoms with Gasteiger partial charge in [0, 0.05) is 13.6 Å². The van der Waals surface area contributed by atoms with E-state index >= 15 is 0 Å². The average Bonchev–Trinajstić information content (AvgIpc) is 2.55. The standard InChI is InChI=1S/C14H16FN5O2/c1-16-14-18-8-10(15)12(20-14)19-11-5-3-2-4-9(11)13(22)17-6-7-21/h2-5,8,21H,6-7H2,1H3,(H,17,22)(H2,16,18,19,20). The number of rotatable bonds is 6. The Labute approximate surface area is 126 Å². The number of nitrogens with one attached hydrogen (secondary N) is 3. The van der Waals surface area contributed by atoms with Crippen LogP contribution in [0, 0.1) is 5.82 Å². The summed E-state index contributed by atoms with van der Waals surface area (Å²) in [6, 6.07) is 6.62. The third kappa shape index (κ3) is 3.67. The van der Waals surface area contributed by atoms with Crippen molar-refractivity contribution in [2.24, 2.45) is 0 Å². The molecule has 1 heterocycles. The quantitative estimate of drug-likeness (QED) is 0.638. The van der Waals surface area contributed by atoms with Gasteiger partial charge in [-0.2, -0.15) is 4.98 Å². The van der Waals surface area contributed by atoms with Gasteiger partial charge in [-0.1, -0.05) is 12.1 Å². The molecule has 7 nitrogen and oxygen atoms in total. The Hall–Kier alpha value is -2.74. The van der Waals surface area contributed by atoms with Crippen molar-refractivity contribution >= 4 is 23.4 Å². The van der Waals surface area contributed by atoms with Gasteiger partial charge in [0.25, 0.3) is 5.91 Å². The van der Waals surface area contributed by atoms with Crippen molar-refractivity contribution in [2.45, 2.75) is 0 Å². The molecule has 0 aliphatic carbocycles. The van der Waals surface area contributed by atoms with Gasteiger partial charge in [0.1, 0.15) is 0 Å². The lowest BCUT2D eigenvalue weighted by Crippen LogP contribution is -2.27. The molecule has 0 saturated carbocycles. The van der Waals surface area contributed by atoms with E-state index in [2.05, 4.69) is 25.9 Å². The summed E-state index contributed by atoms with van der Waals surface area (Å²) in [6.45, 7) is -0.0215. The van der Waals surface area contributed by atoms with Crippen LogP contribution in [0.2, 0.25) is 0 Å². The molecule has 0 fully saturated rings. The predicted molar refractivity (Wildman–Crippen MR) is 80.7 cm³/mol. The number of para-hydroxylation sites is 1. The largest absolute Gasteiger partial charge is 0.395 e. The molecule has 1 aromatic carbocycles. The van der Waals surface area contributed by atoms with Crippen molar-refractivity contribution in [3.8, 4) is 0 Å². The van der Waals surface area contributed by atoms with E-state index in [9.17, 15) is 9.18 Å². The number of benzene rings is 1. The van der Waals surface area contributed by atoms with Gasteiger partial charge in [0.05, 0.1) is 24.1 Å². The second-order valence-corrected chi connectivity index (χ2v) is 4.29. The summed E-state index contributed by atoms with van der Waals surface area (Å²) >= 11 is 0. The zero-order valence-electron chi connectivity index (χ0n) is 11.9. The molecule has 4 N–H and O–H groups in total. The summed E-state index contributed by atoms with van der Waals surface area (Å²) in [5, 5.41) is 16.8. The van der Waals surface area contributed by atoms with Crippen LogP contribution in [0.4, 0.5) is 21.8 Å². The summed E-state index contributed by atoms with van der Waals surface area (Å²) in [6.07, 6.45) is 1.04. The molecule has 0 bridgehead atoms. The Balaban J connectivity index is 2.28. The zero-order valence-corrected chi connectivity index (χ0v) is 11.9. The monoisotopic (exact) mass is 305 g/mol. The first-order valence-electron chi connectivity index (χ1n) is 6.61. The van der Waals surface area contributed by atoms with Gasteiger partial charge in [0.2, 0.25) is 5.95 Å². The Kier molecular flexibility index (Phi) is 5.21. The van der Waals surface area contributed by atoms with Crippen molar-refractivity contribution in [1.29, 1.82) is 0 Å². The van der Waals surface area contributed by atoms with Crippen molar-refractivity contribution in [3.05, 3.63) is 41.8 Å². The lowest BCUT2D eigenvalue weighted by molar-refractivity contribution is 0.0945. The van der Waals surface area contributed by atoms with Crippen LogP contribution in [-0.4, -0.2) is 41.2 Å². The van der Waals surface area contributed by atoms with Gasteiger partial charge >= 0.3 is 0 Å². The van der Waals surface area contributed by atoms with Crippen molar-refractivity contribution in [3.63, 3.8) is 0 Å². The summed E-state index contributed by atoms with van der Waals surface area (Å²) in [5.41, 5.74) is 0.720. The van der Waals surface area contributed by atoms with Gasteiger partial charge in [-0.25, -0.2) is 9.37 Å². The molecule has 0 aliphatic rings. The van der Waals surface area contributed by atoms with E-state index in [0.717, 1.165) is 6.20 Å². The SMILES string of the molecule is CNc1ncc(F)c(Nc2ccccc2C(=O)NCCO)n1. The van der Waals surface area contributed by atoms with Crippen LogP contribution in [0.15, 0.2) is 30.5 Å². The van der Waals surface area contributed by atoms with Gasteiger partial charge in [-0.05, 0) is 12.1 Å². The summed E-state index contributed by atoms with van der Waals surface area (Å²) in [7, 11) is 1.62. The molecule has 0 saturated heterocycles. The van der Waals surface area contributed by atoms with E-state index in [-0.39, 0.29) is 30.8 Å². The molecule has 116 valence electrons. The third-order valence-electron chi connectivity index (χ3n) is 2.79. The van der Waals surface area contributed by atoms with Crippen LogP contribution in [-0.2, 0) is 0 Å². The van der Waals surface area contributed by atoms with Crippen LogP contribution < -0.4 is 16.0 Å². The average molecular weight is 305 g/mol. The first kappa shape index (κ1) is 15.6. The highest BCUT2D eigenvalue weighted by Crippen LogP contribution is 2.22. The molecule has 0 spiro atoms. The predicted octanol–water partition coefficient (Wildman–Crippen LogP) is 1.12. The molecule has 2 rings (SSSR count). The molecule has 8 heteroatoms. The van der Waals surface area contributed by atoms with Crippen molar-refractivity contribution in [2.75, 3.05) is 30.8 Å². The first-order chi connectivity index (χ1) is 10.7. The van der Waals surface area contributed by atoms with Crippen LogP contribution >= 0.6 is 0 Å². The Morgan fingerprint density at radius 2 is 2.14 bits per heavy atom. The van der Waals surface area contributed by atoms with Crippen LogP contribution in [0.1, 0.15) is 10.4 Å². The number of aliphatic hydroxyl groups excluding tert-OH is 1. The molecule has 22 heavy (non-hydrogen) atoms. The van der Waals surface area contributed by atoms with Gasteiger partial charge in [0.15, 0.2) is 11.6 Å². The fourth-order valence-corrected chi connectivity index (χ4v) is 1.76. The molecular weight excluding hydrogens is 289 g/mol. The van der Waals surface area contributed by atoms with E-state index < -0.39 is 5.82 Å². The van der Waals surface area contributed by atoms with E-state index in [0.29, 0.717) is 11.3 Å². The maximum atomic E-state index is 13.8. The fourth-order valence-electron chi connectivity index (χ4n) is 1.76. The van der Waals surface area contributed by atoms with Gasteiger partial charge < -0.3 is 21.1 Å². The van der Waals surface area contributed by atoms with Gasteiger partial charge in [-0.15, -0.1) is 0 Å². The Bertz CT molecular complexity index is 665. The number of hydrogen-bond donors (Lipinski definition) is 4. The van der Waals surface area contributed by atoms with Crippen molar-refractivity contribution in [1.82, 2.24) is 15.3 Å². The minimum Gasteiger partial charge on any atom is -0.395 e. The number of halogens is 1. The number of nitrogens with zero attached hydrogens (tertiary/aromatic N) is 2. The fraction of sp³-hybridized carbons (Fsp3) is 0.214. The Morgan fingerprint density at radius 3 is 2.86 bits per heavy atom. The number of carbonyl (C=O) groups is 1. The topological polar surface area (TPSA) is 99.2 Å². The Morgan fingerprint density at radius 1 is 1.36 bits per heavy atom. The second-order valence-electron chi connectivity index (χ2n) is 4.29. The summed E-state index contributed by atoms with van der Waals surface area (Å²) in [5.74, 6) is -0.794. The highest BCUT2D eigenvalue weighted by molar-refractivity contribution is 6.00. The number of aliphatic hydroxyl groups is 1. The number of anilines is 3. The molecule has 1 amide bonds. The molecule has 0 atom stereocenters. The van der Waals surface area contributed by atoms with E-state index in [1.165, 1.54) is 0 Å². The molecule has 0 unspecified atom stereocenters. The molecule has 2 aromatic rings. The van der Waals surface area contributed by atoms with Crippen LogP contribution in [0.3, 0.4) is 0 Å². The van der Waals surface area contributed by atoms with E-state index in [4.69, 9.17) is 5.11 Å². The van der Waals surface area contributed by atoms with Gasteiger partial charge in [-0.3, -0.25) is 4.79 Å². The summed E-state index contributed by atoms with van der Waals surface area (Å²) in [4.78, 5) is 19.7. The normalized spacial score (nSPS) is 10.1. The number of amides is 1. The number of aromatic nitrogens is 2. The highest BCUT2D eigenvalue weighted by atomic mass is 19.1. The smallest absolute Gasteiger partial charge is 0.253 e. The van der Waals surface area contributed by atoms with Crippen LogP contribution in [0.25, 0.3) is 0 Å². The molecule has 0 aliphatic heterocycles.